The number of benzene rings is 2. The van der Waals surface area contributed by atoms with Crippen molar-refractivity contribution in [1.29, 1.82) is 0 Å². The first-order valence-corrected chi connectivity index (χ1v) is 6.92. The average Bonchev–Trinajstić information content (AvgIpc) is 2.48. The van der Waals surface area contributed by atoms with Gasteiger partial charge in [-0.15, -0.1) is 0 Å². The van der Waals surface area contributed by atoms with Crippen molar-refractivity contribution in [3.63, 3.8) is 0 Å². The fourth-order valence-corrected chi connectivity index (χ4v) is 2.15. The van der Waals surface area contributed by atoms with Crippen molar-refractivity contribution in [3.05, 3.63) is 59.4 Å². The summed E-state index contributed by atoms with van der Waals surface area (Å²) in [5.74, 6) is 0.633. The average molecular weight is 289 g/mol. The minimum absolute atomic E-state index is 0.218. The van der Waals surface area contributed by atoms with Crippen LogP contribution in [0, 0.1) is 5.82 Å². The molecule has 1 unspecified atom stereocenters. The molecule has 0 fully saturated rings. The third-order valence-electron chi connectivity index (χ3n) is 3.39. The highest BCUT2D eigenvalue weighted by Crippen LogP contribution is 2.23. The van der Waals surface area contributed by atoms with Crippen molar-refractivity contribution in [2.45, 2.75) is 25.9 Å². The van der Waals surface area contributed by atoms with Gasteiger partial charge in [0.15, 0.2) is 0 Å². The van der Waals surface area contributed by atoms with Crippen LogP contribution in [0.4, 0.5) is 4.39 Å². The number of ether oxygens (including phenoxy) is 1. The number of rotatable bonds is 6. The number of methoxy groups -OCH3 is 1. The van der Waals surface area contributed by atoms with Crippen molar-refractivity contribution < 1.29 is 14.2 Å². The molecular weight excluding hydrogens is 269 g/mol. The molecular formula is C17H20FNO2. The lowest BCUT2D eigenvalue weighted by Crippen LogP contribution is -2.27. The van der Waals surface area contributed by atoms with Gasteiger partial charge < -0.3 is 15.2 Å². The molecule has 0 aliphatic carbocycles. The van der Waals surface area contributed by atoms with Gasteiger partial charge in [0.05, 0.1) is 7.11 Å². The van der Waals surface area contributed by atoms with Crippen molar-refractivity contribution in [1.82, 2.24) is 5.32 Å². The fraction of sp³-hybridized carbons (Fsp3) is 0.294. The summed E-state index contributed by atoms with van der Waals surface area (Å²) >= 11 is 0. The molecule has 2 aromatic carbocycles. The van der Waals surface area contributed by atoms with Gasteiger partial charge in [-0.2, -0.15) is 0 Å². The second kappa shape index (κ2) is 7.09. The van der Waals surface area contributed by atoms with Gasteiger partial charge >= 0.3 is 0 Å². The summed E-state index contributed by atoms with van der Waals surface area (Å²) in [7, 11) is 1.57. The molecule has 0 heterocycles. The Hall–Kier alpha value is -2.07. The van der Waals surface area contributed by atoms with Crippen molar-refractivity contribution in [2.24, 2.45) is 0 Å². The molecule has 2 aromatic rings. The molecule has 0 bridgehead atoms. The molecule has 0 saturated carbocycles. The van der Waals surface area contributed by atoms with E-state index in [9.17, 15) is 9.50 Å². The van der Waals surface area contributed by atoms with E-state index in [1.54, 1.807) is 25.3 Å². The summed E-state index contributed by atoms with van der Waals surface area (Å²) in [4.78, 5) is 0. The Labute approximate surface area is 124 Å². The molecule has 0 spiro atoms. The summed E-state index contributed by atoms with van der Waals surface area (Å²) < 4.78 is 17.9. The highest BCUT2D eigenvalue weighted by Gasteiger charge is 2.07. The van der Waals surface area contributed by atoms with E-state index in [-0.39, 0.29) is 17.6 Å². The van der Waals surface area contributed by atoms with Gasteiger partial charge in [0.2, 0.25) is 0 Å². The van der Waals surface area contributed by atoms with Gasteiger partial charge in [-0.05, 0) is 37.1 Å². The molecule has 0 aliphatic rings. The highest BCUT2D eigenvalue weighted by molar-refractivity contribution is 5.39. The van der Waals surface area contributed by atoms with Crippen LogP contribution in [0.2, 0.25) is 0 Å². The summed E-state index contributed by atoms with van der Waals surface area (Å²) in [5.41, 5.74) is 1.90. The van der Waals surface area contributed by atoms with Crippen LogP contribution < -0.4 is 10.1 Å². The molecule has 2 rings (SSSR count). The van der Waals surface area contributed by atoms with Gasteiger partial charge in [-0.25, -0.2) is 4.39 Å². The molecule has 21 heavy (non-hydrogen) atoms. The van der Waals surface area contributed by atoms with E-state index in [0.717, 1.165) is 17.5 Å². The summed E-state index contributed by atoms with van der Waals surface area (Å²) in [6.07, 6.45) is 0.803. The van der Waals surface area contributed by atoms with E-state index >= 15 is 0 Å². The second-order valence-corrected chi connectivity index (χ2v) is 5.11. The lowest BCUT2D eigenvalue weighted by molar-refractivity contribution is 0.405. The van der Waals surface area contributed by atoms with Crippen LogP contribution in [0.15, 0.2) is 42.5 Å². The number of hydrogen-bond donors (Lipinski definition) is 2. The van der Waals surface area contributed by atoms with Gasteiger partial charge in [0.25, 0.3) is 0 Å². The van der Waals surface area contributed by atoms with E-state index in [1.165, 1.54) is 12.1 Å². The second-order valence-electron chi connectivity index (χ2n) is 5.11. The standard InChI is InChI=1S/C17H20FNO2/c1-12(9-13-3-6-15(18)7-4-13)19-11-14-5-8-16(21-2)10-17(14)20/h3-8,10,12,19-20H,9,11H2,1-2H3. The molecule has 2 N–H and O–H groups in total. The minimum Gasteiger partial charge on any atom is -0.507 e. The van der Waals surface area contributed by atoms with E-state index in [0.29, 0.717) is 12.3 Å². The highest BCUT2D eigenvalue weighted by atomic mass is 19.1. The van der Waals surface area contributed by atoms with E-state index in [4.69, 9.17) is 4.74 Å². The van der Waals surface area contributed by atoms with Crippen LogP contribution >= 0.6 is 0 Å². The monoisotopic (exact) mass is 289 g/mol. The molecule has 0 amide bonds. The van der Waals surface area contributed by atoms with Crippen LogP contribution in [-0.4, -0.2) is 18.3 Å². The predicted octanol–water partition coefficient (Wildman–Crippen LogP) is 3.26. The Morgan fingerprint density at radius 1 is 1.19 bits per heavy atom. The number of aromatic hydroxyl groups is 1. The van der Waals surface area contributed by atoms with Crippen LogP contribution in [0.3, 0.4) is 0 Å². The summed E-state index contributed by atoms with van der Waals surface area (Å²) in [5, 5.41) is 13.2. The summed E-state index contributed by atoms with van der Waals surface area (Å²) in [6.45, 7) is 2.63. The molecule has 0 aliphatic heterocycles. The number of halogens is 1. The van der Waals surface area contributed by atoms with Crippen molar-refractivity contribution >= 4 is 0 Å². The van der Waals surface area contributed by atoms with Crippen molar-refractivity contribution in [3.8, 4) is 11.5 Å². The zero-order valence-electron chi connectivity index (χ0n) is 12.3. The number of phenolic OH excluding ortho intramolecular Hbond substituents is 1. The summed E-state index contributed by atoms with van der Waals surface area (Å²) in [6, 6.07) is 12.0. The Morgan fingerprint density at radius 2 is 1.90 bits per heavy atom. The molecule has 4 heteroatoms. The first kappa shape index (κ1) is 15.3. The number of hydrogen-bond acceptors (Lipinski definition) is 3. The Bertz CT molecular complexity index is 584. The van der Waals surface area contributed by atoms with Crippen LogP contribution in [0.1, 0.15) is 18.1 Å². The zero-order chi connectivity index (χ0) is 15.2. The first-order valence-electron chi connectivity index (χ1n) is 6.92. The normalized spacial score (nSPS) is 12.1. The molecule has 3 nitrogen and oxygen atoms in total. The largest absolute Gasteiger partial charge is 0.507 e. The Morgan fingerprint density at radius 3 is 2.52 bits per heavy atom. The Kier molecular flexibility index (Phi) is 5.17. The van der Waals surface area contributed by atoms with Crippen molar-refractivity contribution in [2.75, 3.05) is 7.11 Å². The molecule has 0 saturated heterocycles. The maximum Gasteiger partial charge on any atom is 0.123 e. The molecule has 1 atom stereocenters. The minimum atomic E-state index is -0.220. The fourth-order valence-electron chi connectivity index (χ4n) is 2.15. The molecule has 112 valence electrons. The van der Waals surface area contributed by atoms with E-state index in [1.807, 2.05) is 12.1 Å². The van der Waals surface area contributed by atoms with Gasteiger partial charge in [-0.1, -0.05) is 18.2 Å². The number of phenols is 1. The molecule has 0 radical (unpaired) electrons. The SMILES string of the molecule is COc1ccc(CNC(C)Cc2ccc(F)cc2)c(O)c1. The third-order valence-corrected chi connectivity index (χ3v) is 3.39. The smallest absolute Gasteiger partial charge is 0.123 e. The lowest BCUT2D eigenvalue weighted by Gasteiger charge is -2.15. The topological polar surface area (TPSA) is 41.5 Å². The van der Waals surface area contributed by atoms with E-state index < -0.39 is 0 Å². The maximum atomic E-state index is 12.8. The quantitative estimate of drug-likeness (QED) is 0.857. The maximum absolute atomic E-state index is 12.8. The third kappa shape index (κ3) is 4.46. The predicted molar refractivity (Wildman–Crippen MR) is 81.1 cm³/mol. The van der Waals surface area contributed by atoms with Gasteiger partial charge in [0, 0.05) is 24.2 Å². The zero-order valence-corrected chi connectivity index (χ0v) is 12.3. The van der Waals surface area contributed by atoms with Crippen LogP contribution in [0.5, 0.6) is 11.5 Å². The lowest BCUT2D eigenvalue weighted by atomic mass is 10.1. The Balaban J connectivity index is 1.89. The van der Waals surface area contributed by atoms with Gasteiger partial charge in [0.1, 0.15) is 17.3 Å². The first-order chi connectivity index (χ1) is 10.1. The van der Waals surface area contributed by atoms with Crippen LogP contribution in [-0.2, 0) is 13.0 Å². The number of nitrogens with one attached hydrogen (secondary N) is 1. The van der Waals surface area contributed by atoms with E-state index in [2.05, 4.69) is 12.2 Å². The van der Waals surface area contributed by atoms with Crippen LogP contribution in [0.25, 0.3) is 0 Å². The van der Waals surface area contributed by atoms with Gasteiger partial charge in [-0.3, -0.25) is 0 Å². The molecule has 0 aromatic heterocycles.